The molecule has 1 unspecified atom stereocenters. The summed E-state index contributed by atoms with van der Waals surface area (Å²) in [6.45, 7) is 3.31. The molecule has 0 radical (unpaired) electrons. The number of pyridine rings is 1. The Labute approximate surface area is 111 Å². The van der Waals surface area contributed by atoms with E-state index in [9.17, 15) is 9.59 Å². The van der Waals surface area contributed by atoms with E-state index in [1.807, 2.05) is 0 Å². The number of nitrogens with zero attached hydrogens (tertiary/aromatic N) is 2. The number of aromatic nitrogens is 1. The third kappa shape index (κ3) is 2.76. The van der Waals surface area contributed by atoms with E-state index < -0.39 is 14.6 Å². The number of carbonyl (C=O) groups is 1. The number of amides is 1. The van der Waals surface area contributed by atoms with Gasteiger partial charge in [0.1, 0.15) is 5.69 Å². The number of halogens is 1. The number of rotatable bonds is 3. The van der Waals surface area contributed by atoms with E-state index >= 15 is 0 Å². The molecule has 1 aromatic rings. The summed E-state index contributed by atoms with van der Waals surface area (Å²) in [6.07, 6.45) is 0. The average molecular weight is 322 g/mol. The number of aryl methyl sites for hydroxylation is 1. The van der Waals surface area contributed by atoms with Gasteiger partial charge >= 0.3 is 0 Å². The SMILES string of the molecule is [2H]P(C)n1c(C(=O)N(C)OC)c(C)cc(Br)c1=O. The van der Waals surface area contributed by atoms with Crippen molar-refractivity contribution < 1.29 is 9.63 Å². The van der Waals surface area contributed by atoms with Crippen LogP contribution < -0.4 is 5.56 Å². The molecule has 1 atom stereocenters. The summed E-state index contributed by atoms with van der Waals surface area (Å²) >= 11 is 3.14. The quantitative estimate of drug-likeness (QED) is 0.628. The Hall–Kier alpha value is -0.710. The molecule has 0 bridgehead atoms. The third-order valence-corrected chi connectivity index (χ3v) is 3.64. The summed E-state index contributed by atoms with van der Waals surface area (Å²) in [5.41, 5.74) is 0.435. The van der Waals surface area contributed by atoms with E-state index in [2.05, 4.69) is 15.9 Å². The van der Waals surface area contributed by atoms with Gasteiger partial charge in [-0.05, 0) is 49.8 Å². The molecule has 0 saturated heterocycles. The normalized spacial score (nSPS) is 13.1. The van der Waals surface area contributed by atoms with Crippen molar-refractivity contribution in [3.63, 3.8) is 0 Å². The molecule has 1 aromatic heterocycles. The second kappa shape index (κ2) is 5.76. The lowest BCUT2D eigenvalue weighted by atomic mass is 10.2. The molecule has 1 amide bonds. The van der Waals surface area contributed by atoms with E-state index in [0.29, 0.717) is 10.0 Å². The Morgan fingerprint density at radius 3 is 2.76 bits per heavy atom. The van der Waals surface area contributed by atoms with Crippen LogP contribution in [0.1, 0.15) is 16.1 Å². The Balaban J connectivity index is 3.57. The second-order valence-electron chi connectivity index (χ2n) is 3.33. The third-order valence-electron chi connectivity index (χ3n) is 2.29. The minimum atomic E-state index is -1.51. The van der Waals surface area contributed by atoms with Gasteiger partial charge in [-0.3, -0.25) is 18.8 Å². The smallest absolute Gasteiger partial charge is 0.284 e. The minimum Gasteiger partial charge on any atom is -0.284 e. The summed E-state index contributed by atoms with van der Waals surface area (Å²) in [5, 5.41) is 1.03. The predicted molar refractivity (Wildman–Crippen MR) is 71.9 cm³/mol. The Kier molecular flexibility index (Phi) is 4.31. The number of hydroxylamine groups is 2. The van der Waals surface area contributed by atoms with Gasteiger partial charge in [-0.15, -0.1) is 0 Å². The fourth-order valence-corrected chi connectivity index (χ4v) is 2.76. The molecule has 0 aliphatic rings. The van der Waals surface area contributed by atoms with Crippen molar-refractivity contribution in [1.29, 1.82) is 1.28 Å². The van der Waals surface area contributed by atoms with Crippen molar-refractivity contribution in [1.82, 2.24) is 9.40 Å². The average Bonchev–Trinajstić information content (AvgIpc) is 2.30. The molecule has 94 valence electrons. The largest absolute Gasteiger partial charge is 0.294 e. The fraction of sp³-hybridized carbons (Fsp3) is 0.400. The zero-order valence-electron chi connectivity index (χ0n) is 11.0. The van der Waals surface area contributed by atoms with Crippen LogP contribution in [0.3, 0.4) is 0 Å². The van der Waals surface area contributed by atoms with Gasteiger partial charge in [-0.1, -0.05) is 0 Å². The molecule has 0 N–H and O–H groups in total. The van der Waals surface area contributed by atoms with E-state index in [1.54, 1.807) is 19.7 Å². The zero-order chi connectivity index (χ0) is 14.0. The number of hydrogen-bond acceptors (Lipinski definition) is 3. The highest BCUT2D eigenvalue weighted by Gasteiger charge is 2.20. The van der Waals surface area contributed by atoms with Crippen molar-refractivity contribution >= 4 is 30.5 Å². The maximum Gasteiger partial charge on any atom is 0.294 e. The van der Waals surface area contributed by atoms with E-state index in [1.165, 1.54) is 18.5 Å². The second-order valence-corrected chi connectivity index (χ2v) is 4.98. The molecule has 5 nitrogen and oxygen atoms in total. The first kappa shape index (κ1) is 12.7. The van der Waals surface area contributed by atoms with Crippen LogP contribution in [-0.4, -0.2) is 37.4 Å². The van der Waals surface area contributed by atoms with Gasteiger partial charge in [0, 0.05) is 7.05 Å². The number of hydrogen-bond donors (Lipinski definition) is 0. The molecule has 0 aromatic carbocycles. The van der Waals surface area contributed by atoms with Crippen LogP contribution in [0.2, 0.25) is 0 Å². The molecular weight excluding hydrogens is 307 g/mol. The summed E-state index contributed by atoms with van der Waals surface area (Å²) in [4.78, 5) is 29.0. The highest BCUT2D eigenvalue weighted by Crippen LogP contribution is 2.19. The molecule has 0 aliphatic carbocycles. The highest BCUT2D eigenvalue weighted by atomic mass is 79.9. The topological polar surface area (TPSA) is 51.5 Å². The zero-order valence-corrected chi connectivity index (χ0v) is 12.5. The van der Waals surface area contributed by atoms with Crippen LogP contribution in [0.15, 0.2) is 15.3 Å². The van der Waals surface area contributed by atoms with Crippen LogP contribution >= 0.6 is 24.6 Å². The lowest BCUT2D eigenvalue weighted by Gasteiger charge is -2.18. The molecule has 17 heavy (non-hydrogen) atoms. The molecule has 7 heteroatoms. The lowest BCUT2D eigenvalue weighted by molar-refractivity contribution is -0.0762. The summed E-state index contributed by atoms with van der Waals surface area (Å²) in [5.74, 6) is -0.443. The summed E-state index contributed by atoms with van der Waals surface area (Å²) in [6, 6.07) is 1.58. The Morgan fingerprint density at radius 1 is 1.71 bits per heavy atom. The van der Waals surface area contributed by atoms with E-state index in [0.717, 1.165) is 5.06 Å². The molecule has 1 rings (SSSR count). The lowest BCUT2D eigenvalue weighted by Crippen LogP contribution is -2.32. The van der Waals surface area contributed by atoms with Gasteiger partial charge in [-0.25, -0.2) is 5.06 Å². The van der Waals surface area contributed by atoms with Crippen LogP contribution in [0.25, 0.3) is 0 Å². The molecule has 0 spiro atoms. The molecule has 0 saturated carbocycles. The first-order chi connectivity index (χ1) is 8.31. The first-order valence-corrected chi connectivity index (χ1v) is 6.87. The molecule has 0 aliphatic heterocycles. The van der Waals surface area contributed by atoms with Gasteiger partial charge in [0.25, 0.3) is 11.5 Å². The van der Waals surface area contributed by atoms with Gasteiger partial charge in [0.15, 0.2) is 0 Å². The molecule has 1 heterocycles. The van der Waals surface area contributed by atoms with Gasteiger partial charge in [0.2, 0.25) is 0 Å². The predicted octanol–water partition coefficient (Wildman–Crippen LogP) is 1.62. The minimum absolute atomic E-state index is 0.191. The first-order valence-electron chi connectivity index (χ1n) is 5.23. The fourth-order valence-electron chi connectivity index (χ4n) is 1.37. The Bertz CT molecular complexity index is 533. The van der Waals surface area contributed by atoms with Gasteiger partial charge in [-0.2, -0.15) is 0 Å². The van der Waals surface area contributed by atoms with Gasteiger partial charge in [0.05, 0.1) is 12.9 Å². The van der Waals surface area contributed by atoms with Crippen LogP contribution in [0.4, 0.5) is 0 Å². The van der Waals surface area contributed by atoms with Gasteiger partial charge < -0.3 is 0 Å². The van der Waals surface area contributed by atoms with Crippen molar-refractivity contribution in [3.8, 4) is 0 Å². The van der Waals surface area contributed by atoms with Crippen LogP contribution in [0, 0.1) is 6.92 Å². The van der Waals surface area contributed by atoms with Crippen molar-refractivity contribution in [3.05, 3.63) is 32.2 Å². The summed E-state index contributed by atoms with van der Waals surface area (Å²) < 4.78 is 9.33. The maximum absolute atomic E-state index is 12.1. The Morgan fingerprint density at radius 2 is 2.29 bits per heavy atom. The van der Waals surface area contributed by atoms with Crippen LogP contribution in [-0.2, 0) is 4.84 Å². The highest BCUT2D eigenvalue weighted by molar-refractivity contribution is 9.10. The van der Waals surface area contributed by atoms with Crippen LogP contribution in [0.5, 0.6) is 0 Å². The van der Waals surface area contributed by atoms with E-state index in [-0.39, 0.29) is 11.3 Å². The standard InChI is InChI=1S/C10H14BrN2O3P/c1-6-5-7(11)9(14)13(17-4)8(6)10(15)12(2)16-3/h5,17H,1-4H3/i17D. The summed E-state index contributed by atoms with van der Waals surface area (Å²) in [7, 11) is 1.31. The maximum atomic E-state index is 12.1. The van der Waals surface area contributed by atoms with Crippen molar-refractivity contribution in [2.45, 2.75) is 6.92 Å². The molecule has 0 fully saturated rings. The number of carbonyl (C=O) groups excluding carboxylic acids is 1. The molecular formula is C10H14BrN2O3P. The van der Waals surface area contributed by atoms with Crippen molar-refractivity contribution in [2.75, 3.05) is 20.8 Å². The van der Waals surface area contributed by atoms with E-state index in [4.69, 9.17) is 6.12 Å². The monoisotopic (exact) mass is 321 g/mol. The van der Waals surface area contributed by atoms with Crippen molar-refractivity contribution in [2.24, 2.45) is 0 Å².